The van der Waals surface area contributed by atoms with Gasteiger partial charge in [-0.05, 0) is 42.3 Å². The molecule has 0 aliphatic heterocycles. The lowest BCUT2D eigenvalue weighted by Gasteiger charge is -2.15. The van der Waals surface area contributed by atoms with Crippen LogP contribution in [0.15, 0.2) is 56.9 Å². The Morgan fingerprint density at radius 2 is 2.16 bits per heavy atom. The second kappa shape index (κ2) is 8.97. The highest BCUT2D eigenvalue weighted by atomic mass is 79.9. The number of H-pyrrole nitrogens is 2. The number of aliphatic hydroxyl groups excluding tert-OH is 1. The summed E-state index contributed by atoms with van der Waals surface area (Å²) in [6.45, 7) is 2.14. The third-order valence-electron chi connectivity index (χ3n) is 5.28. The van der Waals surface area contributed by atoms with Crippen LogP contribution in [0.2, 0.25) is 0 Å². The van der Waals surface area contributed by atoms with Gasteiger partial charge in [0.25, 0.3) is 5.56 Å². The van der Waals surface area contributed by atoms with Crippen LogP contribution in [0.5, 0.6) is 0 Å². The zero-order valence-electron chi connectivity index (χ0n) is 17.6. The Bertz CT molecular complexity index is 1370. The fourth-order valence-corrected chi connectivity index (χ4v) is 4.09. The van der Waals surface area contributed by atoms with Crippen LogP contribution in [-0.4, -0.2) is 39.9 Å². The number of nitrogens with two attached hydrogens (primary N) is 1. The number of hydrogen-bond donors (Lipinski definition) is 5. The fraction of sp³-hybridized carbons (Fsp3) is 0.174. The summed E-state index contributed by atoms with van der Waals surface area (Å²) in [5.41, 5.74) is 11.3. The van der Waals surface area contributed by atoms with Crippen molar-refractivity contribution in [2.45, 2.75) is 13.0 Å². The smallest absolute Gasteiger partial charge is 0.261 e. The Morgan fingerprint density at radius 1 is 1.34 bits per heavy atom. The molecule has 0 saturated heterocycles. The van der Waals surface area contributed by atoms with E-state index in [4.69, 9.17) is 5.73 Å². The van der Waals surface area contributed by atoms with Crippen LogP contribution in [0.4, 0.5) is 11.4 Å². The summed E-state index contributed by atoms with van der Waals surface area (Å²) in [4.78, 5) is 27.4. The summed E-state index contributed by atoms with van der Waals surface area (Å²) in [6.07, 6.45) is 2.50. The van der Waals surface area contributed by atoms with Crippen molar-refractivity contribution in [3.05, 3.63) is 74.1 Å². The number of nitrogen functional groups attached to an aromatic ring is 1. The molecule has 2 aromatic heterocycles. The number of nitrogens with one attached hydrogen (secondary N) is 3. The molecule has 4 aromatic rings. The summed E-state index contributed by atoms with van der Waals surface area (Å²) in [7, 11) is 1.68. The summed E-state index contributed by atoms with van der Waals surface area (Å²) >= 11 is 3.41. The van der Waals surface area contributed by atoms with Crippen molar-refractivity contribution in [1.29, 1.82) is 0 Å². The number of aliphatic imine (C=N–C) groups is 1. The van der Waals surface area contributed by atoms with Gasteiger partial charge in [-0.1, -0.05) is 28.1 Å². The number of aromatic nitrogens is 3. The van der Waals surface area contributed by atoms with Gasteiger partial charge in [-0.3, -0.25) is 9.79 Å². The molecule has 0 unspecified atom stereocenters. The number of aromatic amines is 2. The quantitative estimate of drug-likeness (QED) is 0.205. The van der Waals surface area contributed by atoms with E-state index in [1.54, 1.807) is 31.6 Å². The van der Waals surface area contributed by atoms with Gasteiger partial charge in [0.05, 0.1) is 22.8 Å². The number of anilines is 2. The molecule has 0 aliphatic rings. The van der Waals surface area contributed by atoms with Crippen LogP contribution < -0.4 is 16.6 Å². The Labute approximate surface area is 192 Å². The monoisotopic (exact) mass is 494 g/mol. The first-order valence-electron chi connectivity index (χ1n) is 9.99. The molecule has 164 valence electrons. The number of aliphatic hydroxyl groups is 1. The molecule has 8 nitrogen and oxygen atoms in total. The van der Waals surface area contributed by atoms with Crippen LogP contribution in [0.1, 0.15) is 22.8 Å². The predicted octanol–water partition coefficient (Wildman–Crippen LogP) is 3.77. The van der Waals surface area contributed by atoms with Gasteiger partial charge >= 0.3 is 0 Å². The van der Waals surface area contributed by atoms with E-state index >= 15 is 0 Å². The molecule has 0 aliphatic carbocycles. The van der Waals surface area contributed by atoms with E-state index in [1.165, 1.54) is 0 Å². The third kappa shape index (κ3) is 4.17. The highest BCUT2D eigenvalue weighted by molar-refractivity contribution is 9.10. The fourth-order valence-electron chi connectivity index (χ4n) is 3.67. The number of nitrogens with zero attached hydrogens (tertiary/aromatic N) is 2. The van der Waals surface area contributed by atoms with E-state index in [0.717, 1.165) is 26.7 Å². The molecule has 0 amide bonds. The van der Waals surface area contributed by atoms with Gasteiger partial charge in [-0.15, -0.1) is 0 Å². The standard InChI is InChI=1S/C23H23BrN6O2/c1-12-15(10-26-2)16(25)9-18-21(12)30-22(29-18)20-17(6-7-27-23(20)32)28-11-19(31)13-4-3-5-14(24)8-13/h3-10,19,31H,11,25H2,1-2H3,(H,29,30)(H2,27,28,32)/t19-/m0/s1. The van der Waals surface area contributed by atoms with Crippen LogP contribution in [0.25, 0.3) is 22.4 Å². The number of hydrogen-bond acceptors (Lipinski definition) is 6. The molecule has 2 heterocycles. The van der Waals surface area contributed by atoms with Crippen LogP contribution in [-0.2, 0) is 0 Å². The Kier molecular flexibility index (Phi) is 6.11. The first-order chi connectivity index (χ1) is 15.4. The molecule has 0 radical (unpaired) electrons. The summed E-state index contributed by atoms with van der Waals surface area (Å²) in [6, 6.07) is 11.0. The molecule has 0 spiro atoms. The van der Waals surface area contributed by atoms with Gasteiger partial charge in [0, 0.05) is 41.7 Å². The van der Waals surface area contributed by atoms with Crippen LogP contribution >= 0.6 is 15.9 Å². The molecule has 0 bridgehead atoms. The minimum atomic E-state index is -0.756. The number of pyridine rings is 1. The Hall–Kier alpha value is -3.43. The molecule has 1 atom stereocenters. The maximum absolute atomic E-state index is 12.7. The van der Waals surface area contributed by atoms with Crippen molar-refractivity contribution in [2.75, 3.05) is 24.6 Å². The number of imidazole rings is 1. The van der Waals surface area contributed by atoms with E-state index in [1.807, 2.05) is 31.2 Å². The van der Waals surface area contributed by atoms with Gasteiger partial charge < -0.3 is 26.1 Å². The summed E-state index contributed by atoms with van der Waals surface area (Å²) in [5, 5.41) is 13.8. The molecule has 9 heteroatoms. The van der Waals surface area contributed by atoms with Crippen molar-refractivity contribution in [3.63, 3.8) is 0 Å². The first kappa shape index (κ1) is 21.8. The molecule has 0 saturated carbocycles. The van der Waals surface area contributed by atoms with E-state index in [-0.39, 0.29) is 12.1 Å². The summed E-state index contributed by atoms with van der Waals surface area (Å²) in [5.74, 6) is 0.411. The Balaban J connectivity index is 1.71. The van der Waals surface area contributed by atoms with E-state index in [0.29, 0.717) is 28.3 Å². The highest BCUT2D eigenvalue weighted by Crippen LogP contribution is 2.29. The molecule has 2 aromatic carbocycles. The van der Waals surface area contributed by atoms with E-state index in [2.05, 4.69) is 41.2 Å². The number of fused-ring (bicyclic) bond motifs is 1. The molecule has 4 rings (SSSR count). The number of rotatable bonds is 6. The topological polar surface area (TPSA) is 132 Å². The number of benzene rings is 2. The summed E-state index contributed by atoms with van der Waals surface area (Å²) < 4.78 is 0.885. The lowest BCUT2D eigenvalue weighted by atomic mass is 10.1. The zero-order valence-corrected chi connectivity index (χ0v) is 19.2. The lowest BCUT2D eigenvalue weighted by molar-refractivity contribution is 0.191. The van der Waals surface area contributed by atoms with Crippen LogP contribution in [0.3, 0.4) is 0 Å². The van der Waals surface area contributed by atoms with Crippen molar-refractivity contribution in [3.8, 4) is 11.4 Å². The largest absolute Gasteiger partial charge is 0.398 e. The maximum atomic E-state index is 12.7. The second-order valence-corrected chi connectivity index (χ2v) is 8.34. The Morgan fingerprint density at radius 3 is 2.91 bits per heavy atom. The molecular weight excluding hydrogens is 472 g/mol. The van der Waals surface area contributed by atoms with Gasteiger partial charge in [-0.2, -0.15) is 0 Å². The van der Waals surface area contributed by atoms with Gasteiger partial charge in [0.1, 0.15) is 11.4 Å². The molecule has 0 fully saturated rings. The van der Waals surface area contributed by atoms with E-state index in [9.17, 15) is 9.90 Å². The molecule has 32 heavy (non-hydrogen) atoms. The first-order valence-corrected chi connectivity index (χ1v) is 10.8. The third-order valence-corrected chi connectivity index (χ3v) is 5.77. The van der Waals surface area contributed by atoms with Crippen molar-refractivity contribution in [2.24, 2.45) is 4.99 Å². The normalized spacial score (nSPS) is 12.5. The zero-order chi connectivity index (χ0) is 22.8. The average Bonchev–Trinajstić information content (AvgIpc) is 3.18. The van der Waals surface area contributed by atoms with Crippen molar-refractivity contribution < 1.29 is 5.11 Å². The minimum Gasteiger partial charge on any atom is -0.398 e. The molecule has 6 N–H and O–H groups in total. The molecular formula is C23H23BrN6O2. The lowest BCUT2D eigenvalue weighted by Crippen LogP contribution is -2.17. The van der Waals surface area contributed by atoms with Gasteiger partial charge in [0.2, 0.25) is 0 Å². The van der Waals surface area contributed by atoms with E-state index < -0.39 is 6.10 Å². The number of aryl methyl sites for hydroxylation is 1. The van der Waals surface area contributed by atoms with Crippen molar-refractivity contribution >= 4 is 44.6 Å². The van der Waals surface area contributed by atoms with Crippen LogP contribution in [0, 0.1) is 6.92 Å². The predicted molar refractivity (Wildman–Crippen MR) is 132 cm³/mol. The highest BCUT2D eigenvalue weighted by Gasteiger charge is 2.18. The second-order valence-electron chi connectivity index (χ2n) is 7.42. The maximum Gasteiger partial charge on any atom is 0.261 e. The number of halogens is 1. The van der Waals surface area contributed by atoms with Gasteiger partial charge in [-0.25, -0.2) is 4.98 Å². The minimum absolute atomic E-state index is 0.218. The van der Waals surface area contributed by atoms with Crippen molar-refractivity contribution in [1.82, 2.24) is 15.0 Å². The average molecular weight is 495 g/mol. The SMILES string of the molecule is CN=Cc1c(N)cc2[nH]c(-c3c(NC[C@H](O)c4cccc(Br)c4)cc[nH]c3=O)nc2c1C. The van der Waals surface area contributed by atoms with Gasteiger partial charge in [0.15, 0.2) is 0 Å².